The van der Waals surface area contributed by atoms with Gasteiger partial charge in [0.25, 0.3) is 11.1 Å². The molecule has 4 aromatic heterocycles. The molecule has 0 bridgehead atoms. The Morgan fingerprint density at radius 2 is 0.608 bits per heavy atom. The molecule has 22 aromatic carbocycles. The number of hydrogen-bond donors (Lipinski definition) is 0. The summed E-state index contributed by atoms with van der Waals surface area (Å²) in [5, 5.41) is 33.4. The van der Waals surface area contributed by atoms with Gasteiger partial charge in [-0.25, -0.2) is 9.97 Å². The van der Waals surface area contributed by atoms with Crippen LogP contribution in [0.4, 0.5) is 0 Å². The van der Waals surface area contributed by atoms with Gasteiger partial charge in [-0.2, -0.15) is 0 Å². The number of pyridine rings is 2. The second-order valence-corrected chi connectivity index (χ2v) is 33.7. The third-order valence-corrected chi connectivity index (χ3v) is 27.3. The SMILES string of the molecule is O=c1c2cccc3c(-c4ccc5ccccc5c4)ccc(c32)c2nc3c(-c4ccc5ccccc5c4)cc(C4=CC5=CC=CCC5C=C4c4cc5ccc6cc(-c7cc(-c8cc9ccc%10cccc%11ccc(c8)c9c%10%11)cc8c7nc7c9ccc(-c%10cc%11ccc%12cccc%13ccc(c%10)c%11c%12%13)c%10cccc(c(=O)n87)c%109)cc7ccc(c4)c5c67)cc3n12. The van der Waals surface area contributed by atoms with Crippen LogP contribution in [-0.4, -0.2) is 18.8 Å². The van der Waals surface area contributed by atoms with E-state index in [2.05, 4.69) is 334 Å². The van der Waals surface area contributed by atoms with Gasteiger partial charge in [0, 0.05) is 49.4 Å². The van der Waals surface area contributed by atoms with Crippen LogP contribution in [0.25, 0.3) is 262 Å². The fourth-order valence-electron chi connectivity index (χ4n) is 21.9. The molecule has 6 nitrogen and oxygen atoms in total. The summed E-state index contributed by atoms with van der Waals surface area (Å²) in [6, 6.07) is 120. The van der Waals surface area contributed by atoms with E-state index in [0.29, 0.717) is 22.1 Å². The van der Waals surface area contributed by atoms with Crippen molar-refractivity contribution in [3.05, 3.63) is 395 Å². The van der Waals surface area contributed by atoms with Crippen molar-refractivity contribution in [3.8, 4) is 55.6 Å². The van der Waals surface area contributed by atoms with Crippen molar-refractivity contribution in [3.63, 3.8) is 0 Å². The topological polar surface area (TPSA) is 68.7 Å². The molecule has 0 saturated carbocycles. The zero-order chi connectivity index (χ0) is 78.2. The van der Waals surface area contributed by atoms with Crippen LogP contribution in [0, 0.1) is 5.92 Å². The Bertz CT molecular complexity index is 9270. The first-order chi connectivity index (χ1) is 59.2. The van der Waals surface area contributed by atoms with Crippen LogP contribution in [0.1, 0.15) is 17.5 Å². The Morgan fingerprint density at radius 3 is 1.11 bits per heavy atom. The molecule has 2 aliphatic carbocycles. The van der Waals surface area contributed by atoms with Crippen LogP contribution in [0.15, 0.2) is 373 Å². The molecule has 6 heteroatoms. The third-order valence-electron chi connectivity index (χ3n) is 27.3. The Labute approximate surface area is 683 Å². The predicted octanol–water partition coefficient (Wildman–Crippen LogP) is 28.8. The van der Waals surface area contributed by atoms with Crippen molar-refractivity contribution in [2.24, 2.45) is 5.92 Å². The Hall–Kier alpha value is -15.8. The van der Waals surface area contributed by atoms with Crippen molar-refractivity contribution >= 4 is 206 Å². The minimum Gasteiger partial charge on any atom is -0.268 e. The normalized spacial score (nSPS) is 14.2. The molecule has 28 rings (SSSR count). The number of rotatable bonds is 7. The summed E-state index contributed by atoms with van der Waals surface area (Å²) >= 11 is 0. The second kappa shape index (κ2) is 23.5. The van der Waals surface area contributed by atoms with Gasteiger partial charge in [-0.05, 0) is 323 Å². The van der Waals surface area contributed by atoms with E-state index in [9.17, 15) is 0 Å². The summed E-state index contributed by atoms with van der Waals surface area (Å²) in [5.74, 6) is 0.162. The molecule has 0 N–H and O–H groups in total. The van der Waals surface area contributed by atoms with Crippen LogP contribution in [-0.2, 0) is 0 Å². The number of imidazole rings is 2. The lowest BCUT2D eigenvalue weighted by atomic mass is 9.77. The van der Waals surface area contributed by atoms with Crippen LogP contribution < -0.4 is 11.1 Å². The second-order valence-electron chi connectivity index (χ2n) is 33.7. The van der Waals surface area contributed by atoms with Gasteiger partial charge in [-0.1, -0.05) is 243 Å². The molecule has 550 valence electrons. The van der Waals surface area contributed by atoms with Gasteiger partial charge in [-0.3, -0.25) is 18.4 Å². The Balaban J connectivity index is 0.617. The maximum absolute atomic E-state index is 16.0. The molecule has 120 heavy (non-hydrogen) atoms. The summed E-state index contributed by atoms with van der Waals surface area (Å²) in [5.41, 5.74) is 20.1. The van der Waals surface area contributed by atoms with Crippen molar-refractivity contribution in [2.45, 2.75) is 6.42 Å². The van der Waals surface area contributed by atoms with Crippen molar-refractivity contribution in [1.29, 1.82) is 0 Å². The van der Waals surface area contributed by atoms with Gasteiger partial charge in [0.1, 0.15) is 11.3 Å². The predicted molar refractivity (Wildman–Crippen MR) is 505 cm³/mol. The summed E-state index contributed by atoms with van der Waals surface area (Å²) in [7, 11) is 0. The zero-order valence-electron chi connectivity index (χ0n) is 64.5. The maximum Gasteiger partial charge on any atom is 0.264 e. The maximum atomic E-state index is 16.0. The van der Waals surface area contributed by atoms with E-state index < -0.39 is 0 Å². The lowest BCUT2D eigenvalue weighted by Crippen LogP contribution is -2.13. The molecule has 0 amide bonds. The fourth-order valence-corrected chi connectivity index (χ4v) is 21.9. The lowest BCUT2D eigenvalue weighted by molar-refractivity contribution is 0.784. The van der Waals surface area contributed by atoms with Crippen molar-refractivity contribution in [1.82, 2.24) is 18.8 Å². The standard InChI is InChI=1S/C114H62N4O2/c119-113-94-24-10-22-90-88(83-49-75-35-29-65-19-8-20-66-30-36-76(50-83)104(75)102(65)66)42-44-92(108(90)94)112-116-110-98(57-82(59-99(110)117(112)113)81-47-73-33-27-63-17-7-18-64-28-34-74(48-81)103(73)101(63)64)85-53-79-39-37-77-51-84(52-78-38-40-80(54-85)106(79)105(77)78)95-55-69-15-5-6-16-70(69)56-96(95)86-58-97(72-32-26-62-12-2-4-14-68(62)46-72)109-100(60-86)118-111(115-109)91-43-41-87(89-21-9-23-93(107(89)91)114(118)120)71-31-25-61-11-1-3-13-67(61)45-71/h1-14,16-60,69H,15H2. The van der Waals surface area contributed by atoms with E-state index in [-0.39, 0.29) is 17.0 Å². The molecule has 0 aliphatic heterocycles. The highest BCUT2D eigenvalue weighted by atomic mass is 16.1. The van der Waals surface area contributed by atoms with Crippen molar-refractivity contribution in [2.75, 3.05) is 0 Å². The molecule has 2 aliphatic rings. The van der Waals surface area contributed by atoms with Crippen LogP contribution >= 0.6 is 0 Å². The van der Waals surface area contributed by atoms with E-state index in [4.69, 9.17) is 9.97 Å². The first kappa shape index (κ1) is 64.5. The van der Waals surface area contributed by atoms with Gasteiger partial charge in [0.05, 0.1) is 22.1 Å². The smallest absolute Gasteiger partial charge is 0.264 e. The van der Waals surface area contributed by atoms with E-state index in [1.807, 2.05) is 33.1 Å². The van der Waals surface area contributed by atoms with E-state index >= 15 is 9.59 Å². The van der Waals surface area contributed by atoms with Gasteiger partial charge >= 0.3 is 0 Å². The number of benzene rings is 22. The number of nitrogens with zero attached hydrogens (tertiary/aromatic N) is 4. The van der Waals surface area contributed by atoms with Crippen LogP contribution in [0.3, 0.4) is 0 Å². The number of allylic oxidation sites excluding steroid dienone is 8. The average Bonchev–Trinajstić information content (AvgIpc) is 1.63. The molecule has 0 fully saturated rings. The fraction of sp³-hybridized carbons (Fsp3) is 0.0175. The van der Waals surface area contributed by atoms with Crippen LogP contribution in [0.5, 0.6) is 0 Å². The highest BCUT2D eigenvalue weighted by Crippen LogP contribution is 2.51. The minimum absolute atomic E-state index is 0.0925. The van der Waals surface area contributed by atoms with Gasteiger partial charge in [0.15, 0.2) is 0 Å². The number of aromatic nitrogens is 4. The third kappa shape index (κ3) is 8.89. The largest absolute Gasteiger partial charge is 0.268 e. The summed E-state index contributed by atoms with van der Waals surface area (Å²) < 4.78 is 3.80. The Morgan fingerprint density at radius 1 is 0.258 bits per heavy atom. The zero-order valence-corrected chi connectivity index (χ0v) is 64.5. The quantitative estimate of drug-likeness (QED) is 0.149. The Kier molecular flexibility index (Phi) is 12.6. The summed E-state index contributed by atoms with van der Waals surface area (Å²) in [6.45, 7) is 0. The number of hydrogen-bond acceptors (Lipinski definition) is 4. The summed E-state index contributed by atoms with van der Waals surface area (Å²) in [4.78, 5) is 43.2. The van der Waals surface area contributed by atoms with Gasteiger partial charge in [0.2, 0.25) is 0 Å². The lowest BCUT2D eigenvalue weighted by Gasteiger charge is -2.27. The molecule has 0 spiro atoms. The molecule has 0 saturated heterocycles. The average molecular weight is 1520 g/mol. The van der Waals surface area contributed by atoms with E-state index in [0.717, 1.165) is 171 Å². The van der Waals surface area contributed by atoms with Gasteiger partial charge < -0.3 is 0 Å². The summed E-state index contributed by atoms with van der Waals surface area (Å²) in [6.07, 6.45) is 12.5. The van der Waals surface area contributed by atoms with E-state index in [1.165, 1.54) is 91.8 Å². The number of fused-ring (bicyclic) bond motifs is 11. The molecule has 26 aromatic rings. The molecule has 0 radical (unpaired) electrons. The minimum atomic E-state index is -0.0943. The van der Waals surface area contributed by atoms with E-state index in [1.54, 1.807) is 0 Å². The highest BCUT2D eigenvalue weighted by Gasteiger charge is 2.30. The van der Waals surface area contributed by atoms with Crippen molar-refractivity contribution < 1.29 is 0 Å². The molecule has 1 unspecified atom stereocenters. The monoisotopic (exact) mass is 1520 g/mol. The first-order valence-electron chi connectivity index (χ1n) is 41.5. The molecule has 1 atom stereocenters. The highest BCUT2D eigenvalue weighted by molar-refractivity contribution is 6.30. The molecular formula is C114H62N4O2. The van der Waals surface area contributed by atoms with Gasteiger partial charge in [-0.15, -0.1) is 0 Å². The molecular weight excluding hydrogens is 1460 g/mol. The molecule has 4 heterocycles. The first-order valence-corrected chi connectivity index (χ1v) is 41.5. The van der Waals surface area contributed by atoms with Crippen LogP contribution in [0.2, 0.25) is 0 Å².